The van der Waals surface area contributed by atoms with Gasteiger partial charge in [0.25, 0.3) is 5.91 Å². The van der Waals surface area contributed by atoms with E-state index in [4.69, 9.17) is 9.47 Å². The minimum atomic E-state index is -2.82. The molecule has 0 spiro atoms. The van der Waals surface area contributed by atoms with Gasteiger partial charge in [-0.05, 0) is 49.4 Å². The lowest BCUT2D eigenvalue weighted by molar-refractivity contribution is 0.102. The highest BCUT2D eigenvalue weighted by atomic mass is 32.2. The number of pyridine rings is 1. The summed E-state index contributed by atoms with van der Waals surface area (Å²) in [6.07, 6.45) is 1.60. The number of amides is 1. The molecular weight excluding hydrogens is 544 g/mol. The van der Waals surface area contributed by atoms with Gasteiger partial charge in [0.2, 0.25) is 0 Å². The second-order valence-corrected chi connectivity index (χ2v) is 9.56. The van der Waals surface area contributed by atoms with E-state index in [0.717, 1.165) is 4.31 Å². The number of methoxy groups -OCH3 is 2. The van der Waals surface area contributed by atoms with E-state index >= 15 is 0 Å². The van der Waals surface area contributed by atoms with Crippen molar-refractivity contribution in [3.8, 4) is 11.5 Å². The molecule has 2 N–H and O–H groups in total. The zero-order valence-electron chi connectivity index (χ0n) is 22.3. The van der Waals surface area contributed by atoms with Crippen LogP contribution in [0.1, 0.15) is 16.1 Å². The Morgan fingerprint density at radius 1 is 0.878 bits per heavy atom. The molecule has 1 unspecified atom stereocenters. The van der Waals surface area contributed by atoms with E-state index in [-0.39, 0.29) is 23.2 Å². The fraction of sp³-hybridized carbons (Fsp3) is 0.103. The molecule has 0 aliphatic carbocycles. The van der Waals surface area contributed by atoms with Crippen molar-refractivity contribution in [2.75, 3.05) is 29.2 Å². The maximum atomic E-state index is 12.9. The Morgan fingerprint density at radius 2 is 1.59 bits per heavy atom. The number of hydrogen-bond acceptors (Lipinski definition) is 9. The number of rotatable bonds is 9. The maximum absolute atomic E-state index is 12.9. The number of hydrogen-bond donors (Lipinski definition) is 2. The summed E-state index contributed by atoms with van der Waals surface area (Å²) in [7, 11) is 3.06. The molecule has 1 amide bonds. The van der Waals surface area contributed by atoms with Crippen LogP contribution in [-0.4, -0.2) is 43.8 Å². The maximum Gasteiger partial charge on any atom is 0.257 e. The predicted molar refractivity (Wildman–Crippen MR) is 157 cm³/mol. The molecule has 0 radical (unpaired) electrons. The summed E-state index contributed by atoms with van der Waals surface area (Å²) in [5.41, 5.74) is 3.17. The van der Waals surface area contributed by atoms with Gasteiger partial charge in [0.05, 0.1) is 47.8 Å². The minimum Gasteiger partial charge on any atom is -0.755 e. The molecule has 41 heavy (non-hydrogen) atoms. The Balaban J connectivity index is 1.58. The van der Waals surface area contributed by atoms with Gasteiger partial charge in [-0.3, -0.25) is 18.3 Å². The van der Waals surface area contributed by atoms with E-state index in [2.05, 4.69) is 25.6 Å². The van der Waals surface area contributed by atoms with Crippen LogP contribution >= 0.6 is 0 Å². The number of nitrogens with one attached hydrogen (secondary N) is 2. The fourth-order valence-electron chi connectivity index (χ4n) is 4.14. The number of nitrogens with zero attached hydrogens (tertiary/aromatic N) is 4. The quantitative estimate of drug-likeness (QED) is 0.227. The zero-order chi connectivity index (χ0) is 28.9. The standard InChI is InChI=1S/C29H26N6O5S/c1-18-24(10-7-13-30-18)29(36)32-19-8-6-9-21(14-19)35(41(37)38)28-27(33-25-11-4-5-12-26(25)34-28)31-20-15-22(39-2)17-23(16-20)40-3/h4-17H,1-3H3,(H,31,33)(H,32,36)(H,37,38)/p-1. The monoisotopic (exact) mass is 569 g/mol. The van der Waals surface area contributed by atoms with Crippen molar-refractivity contribution >= 4 is 56.9 Å². The van der Waals surface area contributed by atoms with Gasteiger partial charge in [-0.25, -0.2) is 9.97 Å². The summed E-state index contributed by atoms with van der Waals surface area (Å²) in [5, 5.41) is 5.98. The van der Waals surface area contributed by atoms with Crippen molar-refractivity contribution in [3.05, 3.63) is 96.3 Å². The van der Waals surface area contributed by atoms with E-state index in [1.807, 2.05) is 6.07 Å². The number of benzene rings is 3. The van der Waals surface area contributed by atoms with Gasteiger partial charge in [-0.1, -0.05) is 18.2 Å². The number of ether oxygens (including phenoxy) is 2. The molecular formula is C29H25N6O5S-. The minimum absolute atomic E-state index is 0.0189. The smallest absolute Gasteiger partial charge is 0.257 e. The first kappa shape index (κ1) is 27.5. The molecule has 0 bridgehead atoms. The number of anilines is 5. The van der Waals surface area contributed by atoms with E-state index in [1.165, 1.54) is 20.3 Å². The van der Waals surface area contributed by atoms with Gasteiger partial charge in [0.15, 0.2) is 11.6 Å². The fourth-order valence-corrected chi connectivity index (χ4v) is 4.70. The lowest BCUT2D eigenvalue weighted by Gasteiger charge is -2.27. The van der Waals surface area contributed by atoms with Crippen LogP contribution in [0, 0.1) is 6.92 Å². The molecule has 0 aliphatic rings. The molecule has 11 nitrogen and oxygen atoms in total. The van der Waals surface area contributed by atoms with Crippen molar-refractivity contribution in [3.63, 3.8) is 0 Å². The van der Waals surface area contributed by atoms with Crippen molar-refractivity contribution in [1.29, 1.82) is 0 Å². The largest absolute Gasteiger partial charge is 0.755 e. The molecule has 5 rings (SSSR count). The number of aryl methyl sites for hydroxylation is 1. The zero-order valence-corrected chi connectivity index (χ0v) is 23.1. The van der Waals surface area contributed by atoms with Gasteiger partial charge in [0.1, 0.15) is 11.5 Å². The summed E-state index contributed by atoms with van der Waals surface area (Å²) in [6.45, 7) is 1.73. The molecule has 5 aromatic rings. The summed E-state index contributed by atoms with van der Waals surface area (Å²) in [4.78, 5) is 26.4. The molecule has 0 fully saturated rings. The van der Waals surface area contributed by atoms with Crippen LogP contribution in [0.25, 0.3) is 11.0 Å². The van der Waals surface area contributed by atoms with Gasteiger partial charge in [-0.2, -0.15) is 0 Å². The number of carbonyl (C=O) groups is 1. The Kier molecular flexibility index (Phi) is 8.04. The van der Waals surface area contributed by atoms with Crippen LogP contribution in [0.3, 0.4) is 0 Å². The first-order valence-electron chi connectivity index (χ1n) is 12.4. The third-order valence-electron chi connectivity index (χ3n) is 6.10. The third kappa shape index (κ3) is 6.08. The van der Waals surface area contributed by atoms with Crippen LogP contribution in [0.15, 0.2) is 85.1 Å². The Hall–Kier alpha value is -5.07. The Bertz CT molecular complexity index is 1740. The van der Waals surface area contributed by atoms with Crippen molar-refractivity contribution in [2.45, 2.75) is 6.92 Å². The van der Waals surface area contributed by atoms with E-state index in [9.17, 15) is 13.6 Å². The molecule has 12 heteroatoms. The number of carbonyl (C=O) groups excluding carboxylic acids is 1. The molecule has 208 valence electrons. The van der Waals surface area contributed by atoms with Crippen LogP contribution in [0.4, 0.5) is 28.7 Å². The highest BCUT2D eigenvalue weighted by molar-refractivity contribution is 7.81. The second kappa shape index (κ2) is 12.0. The molecule has 0 saturated carbocycles. The van der Waals surface area contributed by atoms with Crippen LogP contribution < -0.4 is 24.4 Å². The third-order valence-corrected chi connectivity index (χ3v) is 6.78. The summed E-state index contributed by atoms with van der Waals surface area (Å²) < 4.78 is 37.2. The molecule has 2 heterocycles. The normalized spacial score (nSPS) is 11.5. The van der Waals surface area contributed by atoms with Gasteiger partial charge in [-0.15, -0.1) is 0 Å². The molecule has 0 aliphatic heterocycles. The Morgan fingerprint density at radius 3 is 2.24 bits per heavy atom. The van der Waals surface area contributed by atoms with Crippen molar-refractivity contribution in [1.82, 2.24) is 15.0 Å². The highest BCUT2D eigenvalue weighted by Crippen LogP contribution is 2.36. The van der Waals surface area contributed by atoms with Crippen LogP contribution in [0.2, 0.25) is 0 Å². The number of aromatic nitrogens is 3. The van der Waals surface area contributed by atoms with E-state index in [0.29, 0.717) is 45.2 Å². The topological polar surface area (TPSA) is 142 Å². The SMILES string of the molecule is COc1cc(Nc2nc3ccccc3nc2N(c2cccc(NC(=O)c3cccnc3C)c2)S(=O)[O-])cc(OC)c1. The van der Waals surface area contributed by atoms with E-state index in [1.54, 1.807) is 79.9 Å². The molecule has 3 aromatic carbocycles. The number of fused-ring (bicyclic) bond motifs is 1. The van der Waals surface area contributed by atoms with Gasteiger partial charge < -0.3 is 24.7 Å². The molecule has 0 saturated heterocycles. The summed E-state index contributed by atoms with van der Waals surface area (Å²) in [6, 6.07) is 22.0. The second-order valence-electron chi connectivity index (χ2n) is 8.76. The first-order valence-corrected chi connectivity index (χ1v) is 13.4. The Labute approximate surface area is 238 Å². The van der Waals surface area contributed by atoms with Crippen molar-refractivity contribution in [2.24, 2.45) is 0 Å². The molecule has 2 aromatic heterocycles. The average molecular weight is 570 g/mol. The van der Waals surface area contributed by atoms with Gasteiger partial charge >= 0.3 is 0 Å². The highest BCUT2D eigenvalue weighted by Gasteiger charge is 2.21. The average Bonchev–Trinajstić information content (AvgIpc) is 2.97. The van der Waals surface area contributed by atoms with Crippen LogP contribution in [-0.2, 0) is 11.3 Å². The summed E-state index contributed by atoms with van der Waals surface area (Å²) in [5.74, 6) is 0.869. The predicted octanol–water partition coefficient (Wildman–Crippen LogP) is 5.28. The lowest BCUT2D eigenvalue weighted by atomic mass is 10.2. The van der Waals surface area contributed by atoms with Gasteiger partial charge in [0, 0.05) is 41.5 Å². The number of para-hydroxylation sites is 2. The van der Waals surface area contributed by atoms with Crippen LogP contribution in [0.5, 0.6) is 11.5 Å². The molecule has 1 atom stereocenters. The first-order chi connectivity index (χ1) is 19.9. The lowest BCUT2D eigenvalue weighted by Crippen LogP contribution is -2.23. The summed E-state index contributed by atoms with van der Waals surface area (Å²) >= 11 is -2.82. The van der Waals surface area contributed by atoms with Crippen molar-refractivity contribution < 1.29 is 23.0 Å². The van der Waals surface area contributed by atoms with E-state index < -0.39 is 11.3 Å².